The molecule has 0 bridgehead atoms. The van der Waals surface area contributed by atoms with Gasteiger partial charge in [0.1, 0.15) is 5.75 Å². The molecule has 0 aliphatic carbocycles. The average Bonchev–Trinajstić information content (AvgIpc) is 2.41. The maximum absolute atomic E-state index is 12.4. The third-order valence-corrected chi connectivity index (χ3v) is 3.48. The van der Waals surface area contributed by atoms with Crippen molar-refractivity contribution < 1.29 is 9.53 Å². The number of anilines is 1. The summed E-state index contributed by atoms with van der Waals surface area (Å²) in [6, 6.07) is 10.0. The summed E-state index contributed by atoms with van der Waals surface area (Å²) in [5.74, 6) is 0.287. The average molecular weight is 341 g/mol. The van der Waals surface area contributed by atoms with Crippen molar-refractivity contribution in [2.24, 2.45) is 0 Å². The maximum Gasteiger partial charge on any atom is 0.195 e. The fourth-order valence-corrected chi connectivity index (χ4v) is 2.24. The van der Waals surface area contributed by atoms with Crippen LogP contribution < -0.4 is 10.5 Å². The van der Waals surface area contributed by atoms with Crippen molar-refractivity contribution in [3.8, 4) is 5.75 Å². The Morgan fingerprint density at radius 3 is 2.68 bits per heavy atom. The summed E-state index contributed by atoms with van der Waals surface area (Å²) in [7, 11) is 1.50. The summed E-state index contributed by atoms with van der Waals surface area (Å²) in [5, 5.41) is 0.460. The first kappa shape index (κ1) is 13.9. The monoisotopic (exact) mass is 339 g/mol. The van der Waals surface area contributed by atoms with Crippen LogP contribution in [0, 0.1) is 0 Å². The molecular weight excluding hydrogens is 330 g/mol. The Morgan fingerprint density at radius 2 is 2.00 bits per heavy atom. The van der Waals surface area contributed by atoms with E-state index in [0.717, 1.165) is 4.47 Å². The normalized spacial score (nSPS) is 10.3. The minimum Gasteiger partial charge on any atom is -0.495 e. The van der Waals surface area contributed by atoms with Crippen molar-refractivity contribution in [1.29, 1.82) is 0 Å². The molecule has 19 heavy (non-hydrogen) atoms. The van der Waals surface area contributed by atoms with Gasteiger partial charge in [-0.1, -0.05) is 27.5 Å². The largest absolute Gasteiger partial charge is 0.495 e. The van der Waals surface area contributed by atoms with Crippen LogP contribution in [-0.2, 0) is 0 Å². The molecule has 0 unspecified atom stereocenters. The molecule has 2 N–H and O–H groups in total. The first-order valence-corrected chi connectivity index (χ1v) is 6.63. The van der Waals surface area contributed by atoms with E-state index in [1.54, 1.807) is 36.4 Å². The van der Waals surface area contributed by atoms with Gasteiger partial charge in [0.25, 0.3) is 0 Å². The SMILES string of the molecule is COc1cc(C(=O)c2cc(Br)ccc2N)ccc1Cl. The molecule has 3 nitrogen and oxygen atoms in total. The molecule has 0 fully saturated rings. The quantitative estimate of drug-likeness (QED) is 0.680. The van der Waals surface area contributed by atoms with Crippen LogP contribution in [0.5, 0.6) is 5.75 Å². The summed E-state index contributed by atoms with van der Waals surface area (Å²) in [4.78, 5) is 12.4. The van der Waals surface area contributed by atoms with Crippen molar-refractivity contribution >= 4 is 39.0 Å². The van der Waals surface area contributed by atoms with Gasteiger partial charge >= 0.3 is 0 Å². The van der Waals surface area contributed by atoms with Gasteiger partial charge < -0.3 is 10.5 Å². The fraction of sp³-hybridized carbons (Fsp3) is 0.0714. The lowest BCUT2D eigenvalue weighted by Crippen LogP contribution is -2.05. The Labute approximate surface area is 124 Å². The summed E-state index contributed by atoms with van der Waals surface area (Å²) < 4.78 is 5.90. The van der Waals surface area contributed by atoms with Crippen LogP contribution >= 0.6 is 27.5 Å². The number of ether oxygens (including phenoxy) is 1. The van der Waals surface area contributed by atoms with E-state index >= 15 is 0 Å². The highest BCUT2D eigenvalue weighted by molar-refractivity contribution is 9.10. The molecule has 2 rings (SSSR count). The van der Waals surface area contributed by atoms with Gasteiger partial charge in [-0.3, -0.25) is 4.79 Å². The second-order valence-corrected chi connectivity index (χ2v) is 5.23. The third-order valence-electron chi connectivity index (χ3n) is 2.67. The minimum absolute atomic E-state index is 0.172. The van der Waals surface area contributed by atoms with Crippen molar-refractivity contribution in [3.63, 3.8) is 0 Å². The predicted molar refractivity (Wildman–Crippen MR) is 80.0 cm³/mol. The minimum atomic E-state index is -0.172. The molecule has 0 aliphatic heterocycles. The number of benzene rings is 2. The number of hydrogen-bond acceptors (Lipinski definition) is 3. The van der Waals surface area contributed by atoms with E-state index in [9.17, 15) is 4.79 Å². The lowest BCUT2D eigenvalue weighted by molar-refractivity contribution is 0.103. The standard InChI is InChI=1S/C14H11BrClNO2/c1-19-13-6-8(2-4-11(13)16)14(18)10-7-9(15)3-5-12(10)17/h2-7H,17H2,1H3. The smallest absolute Gasteiger partial charge is 0.195 e. The van der Waals surface area contributed by atoms with Crippen molar-refractivity contribution in [2.45, 2.75) is 0 Å². The number of methoxy groups -OCH3 is 1. The molecule has 0 aromatic heterocycles. The van der Waals surface area contributed by atoms with Gasteiger partial charge in [0.15, 0.2) is 5.78 Å². The Kier molecular flexibility index (Phi) is 4.12. The van der Waals surface area contributed by atoms with E-state index < -0.39 is 0 Å². The molecule has 0 saturated carbocycles. The van der Waals surface area contributed by atoms with Gasteiger partial charge in [0.2, 0.25) is 0 Å². The highest BCUT2D eigenvalue weighted by atomic mass is 79.9. The van der Waals surface area contributed by atoms with Crippen LogP contribution in [0.2, 0.25) is 5.02 Å². The molecule has 0 atom stereocenters. The molecule has 2 aromatic carbocycles. The van der Waals surface area contributed by atoms with E-state index in [1.165, 1.54) is 7.11 Å². The highest BCUT2D eigenvalue weighted by Crippen LogP contribution is 2.28. The van der Waals surface area contributed by atoms with Gasteiger partial charge in [-0.25, -0.2) is 0 Å². The Hall–Kier alpha value is -1.52. The molecule has 5 heteroatoms. The summed E-state index contributed by atoms with van der Waals surface area (Å²) >= 11 is 9.26. The summed E-state index contributed by atoms with van der Waals surface area (Å²) in [5.41, 5.74) is 7.18. The summed E-state index contributed by atoms with van der Waals surface area (Å²) in [6.07, 6.45) is 0. The van der Waals surface area contributed by atoms with E-state index in [-0.39, 0.29) is 5.78 Å². The number of nitrogen functional groups attached to an aromatic ring is 1. The maximum atomic E-state index is 12.4. The van der Waals surface area contributed by atoms with E-state index in [0.29, 0.717) is 27.6 Å². The van der Waals surface area contributed by atoms with Crippen molar-refractivity contribution in [1.82, 2.24) is 0 Å². The number of halogens is 2. The Morgan fingerprint density at radius 1 is 1.26 bits per heavy atom. The second-order valence-electron chi connectivity index (χ2n) is 3.91. The zero-order valence-corrected chi connectivity index (χ0v) is 12.5. The highest BCUT2D eigenvalue weighted by Gasteiger charge is 2.14. The van der Waals surface area contributed by atoms with Crippen LogP contribution in [0.1, 0.15) is 15.9 Å². The number of nitrogens with two attached hydrogens (primary N) is 1. The number of carbonyl (C=O) groups excluding carboxylic acids is 1. The van der Waals surface area contributed by atoms with Crippen LogP contribution in [0.25, 0.3) is 0 Å². The van der Waals surface area contributed by atoms with Crippen LogP contribution in [0.4, 0.5) is 5.69 Å². The summed E-state index contributed by atoms with van der Waals surface area (Å²) in [6.45, 7) is 0. The topological polar surface area (TPSA) is 52.3 Å². The number of hydrogen-bond donors (Lipinski definition) is 1. The molecule has 0 amide bonds. The Bertz CT molecular complexity index is 643. The van der Waals surface area contributed by atoms with Crippen LogP contribution in [0.15, 0.2) is 40.9 Å². The number of ketones is 1. The second kappa shape index (κ2) is 5.63. The zero-order valence-electron chi connectivity index (χ0n) is 10.1. The van der Waals surface area contributed by atoms with E-state index in [1.807, 2.05) is 0 Å². The third kappa shape index (κ3) is 2.91. The molecule has 2 aromatic rings. The molecular formula is C14H11BrClNO2. The number of rotatable bonds is 3. The molecule has 0 radical (unpaired) electrons. The molecule has 0 heterocycles. The van der Waals surface area contributed by atoms with Gasteiger partial charge in [-0.15, -0.1) is 0 Å². The zero-order chi connectivity index (χ0) is 14.0. The first-order valence-electron chi connectivity index (χ1n) is 5.46. The molecule has 0 spiro atoms. The fourth-order valence-electron chi connectivity index (χ4n) is 1.68. The van der Waals surface area contributed by atoms with Gasteiger partial charge in [-0.05, 0) is 36.4 Å². The predicted octanol–water partition coefficient (Wildman–Crippen LogP) is 3.92. The van der Waals surface area contributed by atoms with Crippen molar-refractivity contribution in [3.05, 3.63) is 57.0 Å². The van der Waals surface area contributed by atoms with Crippen LogP contribution in [-0.4, -0.2) is 12.9 Å². The lowest BCUT2D eigenvalue weighted by atomic mass is 10.0. The van der Waals surface area contributed by atoms with Crippen LogP contribution in [0.3, 0.4) is 0 Å². The molecule has 0 saturated heterocycles. The Balaban J connectivity index is 2.47. The van der Waals surface area contributed by atoms with Gasteiger partial charge in [0, 0.05) is 21.3 Å². The van der Waals surface area contributed by atoms with Crippen molar-refractivity contribution in [2.75, 3.05) is 12.8 Å². The van der Waals surface area contributed by atoms with Gasteiger partial charge in [0.05, 0.1) is 12.1 Å². The first-order chi connectivity index (χ1) is 9.02. The molecule has 98 valence electrons. The lowest BCUT2D eigenvalue weighted by Gasteiger charge is -2.08. The van der Waals surface area contributed by atoms with E-state index in [2.05, 4.69) is 15.9 Å². The van der Waals surface area contributed by atoms with E-state index in [4.69, 9.17) is 22.1 Å². The van der Waals surface area contributed by atoms with Gasteiger partial charge in [-0.2, -0.15) is 0 Å². The number of carbonyl (C=O) groups is 1. The molecule has 0 aliphatic rings.